The summed E-state index contributed by atoms with van der Waals surface area (Å²) >= 11 is 6.71. The van der Waals surface area contributed by atoms with Gasteiger partial charge in [-0.15, -0.1) is 0 Å². The zero-order valence-corrected chi connectivity index (χ0v) is 13.0. The molecule has 0 saturated carbocycles. The van der Waals surface area contributed by atoms with Crippen LogP contribution in [0.15, 0.2) is 29.2 Å². The molecule has 7 heteroatoms. The molecule has 1 unspecified atom stereocenters. The van der Waals surface area contributed by atoms with Crippen molar-refractivity contribution in [1.82, 2.24) is 4.31 Å². The lowest BCUT2D eigenvalue weighted by atomic mass is 10.2. The second-order valence-electron chi connectivity index (χ2n) is 4.40. The maximum absolute atomic E-state index is 12.7. The molecule has 2 N–H and O–H groups in total. The molecule has 104 valence electrons. The van der Waals surface area contributed by atoms with E-state index in [1.807, 2.05) is 6.92 Å². The molecular weight excluding hydrogens is 300 g/mol. The highest BCUT2D eigenvalue weighted by molar-refractivity contribution is 7.99. The monoisotopic (exact) mass is 316 g/mol. The minimum atomic E-state index is -3.53. The second-order valence-corrected chi connectivity index (χ2v) is 7.85. The maximum atomic E-state index is 12.7. The fourth-order valence-corrected chi connectivity index (χ4v) is 5.40. The second kappa shape index (κ2) is 5.78. The topological polar surface area (TPSA) is 63.4 Å². The number of hydrogen-bond donors (Lipinski definition) is 1. The summed E-state index contributed by atoms with van der Waals surface area (Å²) in [5.41, 5.74) is 6.04. The van der Waals surface area contributed by atoms with E-state index in [1.54, 1.807) is 40.3 Å². The maximum Gasteiger partial charge on any atom is 0.244 e. The summed E-state index contributed by atoms with van der Waals surface area (Å²) in [6.07, 6.45) is 0. The largest absolute Gasteiger partial charge is 0.389 e. The van der Waals surface area contributed by atoms with Gasteiger partial charge in [0.2, 0.25) is 10.0 Å². The number of rotatable bonds is 3. The van der Waals surface area contributed by atoms with E-state index in [-0.39, 0.29) is 15.9 Å². The van der Waals surface area contributed by atoms with Gasteiger partial charge in [-0.1, -0.05) is 30.4 Å². The van der Waals surface area contributed by atoms with E-state index in [9.17, 15) is 8.42 Å². The Bertz CT molecular complexity index is 586. The van der Waals surface area contributed by atoms with Crippen LogP contribution in [0.5, 0.6) is 0 Å². The highest BCUT2D eigenvalue weighted by atomic mass is 32.2. The zero-order chi connectivity index (χ0) is 14.0. The Morgan fingerprint density at radius 2 is 2.16 bits per heavy atom. The highest BCUT2D eigenvalue weighted by Gasteiger charge is 2.32. The fourth-order valence-electron chi connectivity index (χ4n) is 2.09. The van der Waals surface area contributed by atoms with Crippen LogP contribution in [-0.2, 0) is 10.0 Å². The summed E-state index contributed by atoms with van der Waals surface area (Å²) in [7, 11) is -3.53. The Labute approximate surface area is 123 Å². The van der Waals surface area contributed by atoms with Crippen LogP contribution in [0.2, 0.25) is 0 Å². The highest BCUT2D eigenvalue weighted by Crippen LogP contribution is 2.26. The van der Waals surface area contributed by atoms with Crippen molar-refractivity contribution in [2.75, 3.05) is 18.1 Å². The summed E-state index contributed by atoms with van der Waals surface area (Å²) in [5, 5.41) is 0. The van der Waals surface area contributed by atoms with Crippen LogP contribution >= 0.6 is 24.0 Å². The molecule has 0 aromatic heterocycles. The molecule has 1 saturated heterocycles. The molecular formula is C12H16N2O2S3. The summed E-state index contributed by atoms with van der Waals surface area (Å²) in [6, 6.07) is 6.64. The predicted octanol–water partition coefficient (Wildman–Crippen LogP) is 1.45. The number of sulfonamides is 1. The Morgan fingerprint density at radius 1 is 1.47 bits per heavy atom. The smallest absolute Gasteiger partial charge is 0.244 e. The minimum Gasteiger partial charge on any atom is -0.389 e. The third kappa shape index (κ3) is 2.94. The van der Waals surface area contributed by atoms with Crippen LogP contribution in [-0.4, -0.2) is 41.8 Å². The molecule has 4 nitrogen and oxygen atoms in total. The van der Waals surface area contributed by atoms with Crippen molar-refractivity contribution in [3.63, 3.8) is 0 Å². The van der Waals surface area contributed by atoms with E-state index in [0.717, 1.165) is 11.5 Å². The molecule has 2 rings (SSSR count). The lowest BCUT2D eigenvalue weighted by Crippen LogP contribution is -2.44. The molecule has 0 bridgehead atoms. The number of hydrogen-bond acceptors (Lipinski definition) is 4. The average molecular weight is 316 g/mol. The van der Waals surface area contributed by atoms with Gasteiger partial charge in [-0.3, -0.25) is 0 Å². The van der Waals surface area contributed by atoms with E-state index in [4.69, 9.17) is 18.0 Å². The van der Waals surface area contributed by atoms with Crippen molar-refractivity contribution in [3.8, 4) is 0 Å². The van der Waals surface area contributed by atoms with Crippen LogP contribution in [0.1, 0.15) is 12.5 Å². The molecule has 1 aromatic carbocycles. The first-order chi connectivity index (χ1) is 8.94. The minimum absolute atomic E-state index is 0.0110. The molecule has 0 spiro atoms. The van der Waals surface area contributed by atoms with Gasteiger partial charge < -0.3 is 5.73 Å². The fraction of sp³-hybridized carbons (Fsp3) is 0.417. The summed E-state index contributed by atoms with van der Waals surface area (Å²) in [4.78, 5) is 0.319. The van der Waals surface area contributed by atoms with Gasteiger partial charge in [0.15, 0.2) is 0 Å². The molecule has 1 fully saturated rings. The molecule has 1 heterocycles. The molecule has 0 amide bonds. The van der Waals surface area contributed by atoms with Gasteiger partial charge in [-0.25, -0.2) is 8.42 Å². The average Bonchev–Trinajstić information content (AvgIpc) is 2.39. The van der Waals surface area contributed by atoms with Crippen LogP contribution in [0, 0.1) is 0 Å². The third-order valence-corrected chi connectivity index (χ3v) is 6.53. The molecule has 19 heavy (non-hydrogen) atoms. The van der Waals surface area contributed by atoms with Crippen LogP contribution in [0.3, 0.4) is 0 Å². The van der Waals surface area contributed by atoms with Gasteiger partial charge in [0, 0.05) is 29.7 Å². The third-order valence-electron chi connectivity index (χ3n) is 3.05. The first-order valence-corrected chi connectivity index (χ1v) is 8.93. The lowest BCUT2D eigenvalue weighted by Gasteiger charge is -2.32. The SMILES string of the molecule is CC1CSCCN1S(=O)(=O)c1ccccc1C(N)=S. The van der Waals surface area contributed by atoms with E-state index >= 15 is 0 Å². The first kappa shape index (κ1) is 14.8. The molecule has 0 radical (unpaired) electrons. The number of benzene rings is 1. The van der Waals surface area contributed by atoms with Gasteiger partial charge in [0.05, 0.1) is 4.90 Å². The molecule has 0 aliphatic carbocycles. The Balaban J connectivity index is 2.47. The number of thioether (sulfide) groups is 1. The Kier molecular flexibility index (Phi) is 4.50. The first-order valence-electron chi connectivity index (χ1n) is 5.93. The van der Waals surface area contributed by atoms with Crippen molar-refractivity contribution in [3.05, 3.63) is 29.8 Å². The van der Waals surface area contributed by atoms with Gasteiger partial charge in [0.1, 0.15) is 4.99 Å². The van der Waals surface area contributed by atoms with E-state index in [1.165, 1.54) is 0 Å². The van der Waals surface area contributed by atoms with Gasteiger partial charge >= 0.3 is 0 Å². The Hall–Kier alpha value is -0.630. The lowest BCUT2D eigenvalue weighted by molar-refractivity contribution is 0.367. The summed E-state index contributed by atoms with van der Waals surface area (Å²) in [6.45, 7) is 2.45. The van der Waals surface area contributed by atoms with Crippen molar-refractivity contribution in [2.45, 2.75) is 17.9 Å². The number of thiocarbonyl (C=S) groups is 1. The zero-order valence-electron chi connectivity index (χ0n) is 10.6. The normalized spacial score (nSPS) is 21.2. The summed E-state index contributed by atoms with van der Waals surface area (Å²) in [5.74, 6) is 1.63. The van der Waals surface area contributed by atoms with Crippen LogP contribution < -0.4 is 5.73 Å². The van der Waals surface area contributed by atoms with Crippen LogP contribution in [0.25, 0.3) is 0 Å². The molecule has 1 atom stereocenters. The van der Waals surface area contributed by atoms with Crippen LogP contribution in [0.4, 0.5) is 0 Å². The van der Waals surface area contributed by atoms with Gasteiger partial charge in [0.25, 0.3) is 0 Å². The predicted molar refractivity (Wildman–Crippen MR) is 83.0 cm³/mol. The Morgan fingerprint density at radius 3 is 2.79 bits per heavy atom. The number of nitrogens with zero attached hydrogens (tertiary/aromatic N) is 1. The van der Waals surface area contributed by atoms with Crippen molar-refractivity contribution in [2.24, 2.45) is 5.73 Å². The molecule has 1 aliphatic heterocycles. The molecule has 1 aliphatic rings. The van der Waals surface area contributed by atoms with Crippen molar-refractivity contribution in [1.29, 1.82) is 0 Å². The van der Waals surface area contributed by atoms with Crippen molar-refractivity contribution >= 4 is 39.0 Å². The summed E-state index contributed by atoms with van der Waals surface area (Å²) < 4.78 is 27.0. The standard InChI is InChI=1S/C12H16N2O2S3/c1-9-8-18-7-6-14(9)19(15,16)11-5-3-2-4-10(11)12(13)17/h2-5,9H,6-8H2,1H3,(H2,13,17). The van der Waals surface area contributed by atoms with Gasteiger partial charge in [-0.05, 0) is 13.0 Å². The quantitative estimate of drug-likeness (QED) is 0.855. The van der Waals surface area contributed by atoms with Crippen molar-refractivity contribution < 1.29 is 8.42 Å². The molecule has 1 aromatic rings. The van der Waals surface area contributed by atoms with E-state index in [2.05, 4.69) is 0 Å². The van der Waals surface area contributed by atoms with E-state index in [0.29, 0.717) is 12.1 Å². The number of nitrogens with two attached hydrogens (primary N) is 1. The van der Waals surface area contributed by atoms with Gasteiger partial charge in [-0.2, -0.15) is 16.1 Å². The van der Waals surface area contributed by atoms with E-state index < -0.39 is 10.0 Å².